The molecular weight excluding hydrogens is 158 g/mol. The Kier molecular flexibility index (Phi) is 2.29. The van der Waals surface area contributed by atoms with Gasteiger partial charge in [0.25, 0.3) is 5.91 Å². The van der Waals surface area contributed by atoms with Crippen LogP contribution in [0.25, 0.3) is 0 Å². The molecule has 0 spiro atoms. The van der Waals surface area contributed by atoms with Crippen molar-refractivity contribution >= 4 is 17.2 Å². The maximum absolute atomic E-state index is 11.1. The second-order valence-corrected chi connectivity index (χ2v) is 3.69. The van der Waals surface area contributed by atoms with Gasteiger partial charge in [0.05, 0.1) is 4.88 Å². The quantitative estimate of drug-likeness (QED) is 0.681. The molecule has 0 aliphatic heterocycles. The normalized spacial score (nSPS) is 9.73. The van der Waals surface area contributed by atoms with Crippen molar-refractivity contribution in [2.75, 3.05) is 7.05 Å². The zero-order chi connectivity index (χ0) is 8.43. The lowest BCUT2D eigenvalue weighted by molar-refractivity contribution is 0.0967. The Morgan fingerprint density at radius 3 is 2.55 bits per heavy atom. The Labute approximate surface area is 70.2 Å². The molecule has 0 atom stereocenters. The first-order valence-electron chi connectivity index (χ1n) is 3.44. The van der Waals surface area contributed by atoms with Crippen molar-refractivity contribution in [3.05, 3.63) is 21.4 Å². The number of thiophene rings is 1. The van der Waals surface area contributed by atoms with Gasteiger partial charge in [0, 0.05) is 11.9 Å². The lowest BCUT2D eigenvalue weighted by atomic mass is 10.3. The fourth-order valence-electron chi connectivity index (χ4n) is 0.808. The van der Waals surface area contributed by atoms with Gasteiger partial charge in [0.2, 0.25) is 0 Å². The first-order valence-corrected chi connectivity index (χ1v) is 4.26. The summed E-state index contributed by atoms with van der Waals surface area (Å²) in [5.41, 5.74) is 1.19. The summed E-state index contributed by atoms with van der Waals surface area (Å²) < 4.78 is 0. The topological polar surface area (TPSA) is 29.1 Å². The number of aryl methyl sites for hydroxylation is 2. The van der Waals surface area contributed by atoms with Gasteiger partial charge >= 0.3 is 0 Å². The predicted molar refractivity (Wildman–Crippen MR) is 47.2 cm³/mol. The van der Waals surface area contributed by atoms with E-state index < -0.39 is 0 Å². The van der Waals surface area contributed by atoms with Crippen molar-refractivity contribution in [1.82, 2.24) is 5.32 Å². The van der Waals surface area contributed by atoms with Crippen LogP contribution in [0.2, 0.25) is 0 Å². The largest absolute Gasteiger partial charge is 0.354 e. The third kappa shape index (κ3) is 1.60. The van der Waals surface area contributed by atoms with Crippen LogP contribution >= 0.6 is 11.3 Å². The molecule has 0 radical (unpaired) electrons. The number of hydrogen-bond donors (Lipinski definition) is 1. The van der Waals surface area contributed by atoms with E-state index in [-0.39, 0.29) is 5.91 Å². The minimum Gasteiger partial charge on any atom is -0.354 e. The van der Waals surface area contributed by atoms with Crippen molar-refractivity contribution in [2.45, 2.75) is 13.8 Å². The van der Waals surface area contributed by atoms with Gasteiger partial charge in [-0.2, -0.15) is 0 Å². The van der Waals surface area contributed by atoms with Gasteiger partial charge in [-0.25, -0.2) is 0 Å². The first-order chi connectivity index (χ1) is 5.15. The molecule has 1 heterocycles. The summed E-state index contributed by atoms with van der Waals surface area (Å²) in [7, 11) is 1.65. The summed E-state index contributed by atoms with van der Waals surface area (Å²) in [6, 6.07) is 1.92. The summed E-state index contributed by atoms with van der Waals surface area (Å²) in [6.45, 7) is 4.03. The van der Waals surface area contributed by atoms with E-state index in [1.54, 1.807) is 7.05 Å². The second-order valence-electron chi connectivity index (χ2n) is 2.43. The zero-order valence-corrected chi connectivity index (χ0v) is 7.71. The van der Waals surface area contributed by atoms with Crippen LogP contribution in [0.4, 0.5) is 0 Å². The Hall–Kier alpha value is -0.830. The molecule has 0 unspecified atom stereocenters. The van der Waals surface area contributed by atoms with Gasteiger partial charge in [-0.15, -0.1) is 11.3 Å². The van der Waals surface area contributed by atoms with Crippen LogP contribution in [-0.4, -0.2) is 13.0 Å². The van der Waals surface area contributed by atoms with E-state index in [9.17, 15) is 4.79 Å². The number of hydrogen-bond acceptors (Lipinski definition) is 2. The van der Waals surface area contributed by atoms with E-state index in [0.29, 0.717) is 0 Å². The second kappa shape index (κ2) is 3.05. The van der Waals surface area contributed by atoms with Crippen molar-refractivity contribution in [1.29, 1.82) is 0 Å². The Morgan fingerprint density at radius 1 is 1.55 bits per heavy atom. The van der Waals surface area contributed by atoms with Crippen LogP contribution in [0.15, 0.2) is 6.07 Å². The number of carbonyl (C=O) groups excluding carboxylic acids is 1. The Balaban J connectivity index is 2.97. The minimum atomic E-state index is 0.00574. The maximum atomic E-state index is 11.1. The standard InChI is InChI=1S/C8H11NOS/c1-5-4-7(8(10)9-3)11-6(5)2/h4H,1-3H3,(H,9,10). The molecule has 11 heavy (non-hydrogen) atoms. The molecule has 1 aromatic rings. The molecule has 1 aromatic heterocycles. The highest BCUT2D eigenvalue weighted by atomic mass is 32.1. The van der Waals surface area contributed by atoms with Crippen LogP contribution in [0.3, 0.4) is 0 Å². The molecule has 1 rings (SSSR count). The lowest BCUT2D eigenvalue weighted by Gasteiger charge is -1.91. The highest BCUT2D eigenvalue weighted by Gasteiger charge is 2.07. The van der Waals surface area contributed by atoms with Gasteiger partial charge in [0.15, 0.2) is 0 Å². The van der Waals surface area contributed by atoms with Gasteiger partial charge in [-0.3, -0.25) is 4.79 Å². The lowest BCUT2D eigenvalue weighted by Crippen LogP contribution is -2.16. The predicted octanol–water partition coefficient (Wildman–Crippen LogP) is 1.72. The van der Waals surface area contributed by atoms with Crippen LogP contribution < -0.4 is 5.32 Å². The van der Waals surface area contributed by atoms with Crippen molar-refractivity contribution < 1.29 is 4.79 Å². The molecule has 0 aliphatic rings. The molecule has 0 saturated carbocycles. The third-order valence-electron chi connectivity index (χ3n) is 1.62. The van der Waals surface area contributed by atoms with Crippen molar-refractivity contribution in [3.8, 4) is 0 Å². The van der Waals surface area contributed by atoms with E-state index in [1.807, 2.05) is 19.9 Å². The fraction of sp³-hybridized carbons (Fsp3) is 0.375. The van der Waals surface area contributed by atoms with E-state index >= 15 is 0 Å². The molecule has 2 nitrogen and oxygen atoms in total. The molecule has 0 fully saturated rings. The zero-order valence-electron chi connectivity index (χ0n) is 6.89. The SMILES string of the molecule is CNC(=O)c1cc(C)c(C)s1. The van der Waals surface area contributed by atoms with E-state index in [2.05, 4.69) is 5.32 Å². The summed E-state index contributed by atoms with van der Waals surface area (Å²) in [6.07, 6.45) is 0. The number of nitrogens with one attached hydrogen (secondary N) is 1. The molecule has 0 bridgehead atoms. The molecule has 1 amide bonds. The van der Waals surface area contributed by atoms with Gasteiger partial charge in [-0.05, 0) is 25.5 Å². The number of amides is 1. The molecule has 0 aromatic carbocycles. The minimum absolute atomic E-state index is 0.00574. The third-order valence-corrected chi connectivity index (χ3v) is 2.77. The highest BCUT2D eigenvalue weighted by molar-refractivity contribution is 7.14. The van der Waals surface area contributed by atoms with E-state index in [0.717, 1.165) is 4.88 Å². The molecule has 0 saturated heterocycles. The monoisotopic (exact) mass is 169 g/mol. The molecule has 60 valence electrons. The maximum Gasteiger partial charge on any atom is 0.261 e. The van der Waals surface area contributed by atoms with Crippen molar-refractivity contribution in [3.63, 3.8) is 0 Å². The average Bonchev–Trinajstić information content (AvgIpc) is 2.31. The Morgan fingerprint density at radius 2 is 2.18 bits per heavy atom. The van der Waals surface area contributed by atoms with Crippen LogP contribution in [0.5, 0.6) is 0 Å². The molecule has 0 aliphatic carbocycles. The van der Waals surface area contributed by atoms with Gasteiger partial charge < -0.3 is 5.32 Å². The number of rotatable bonds is 1. The summed E-state index contributed by atoms with van der Waals surface area (Å²) in [5.74, 6) is 0.00574. The van der Waals surface area contributed by atoms with Crippen LogP contribution in [0.1, 0.15) is 20.1 Å². The van der Waals surface area contributed by atoms with E-state index in [4.69, 9.17) is 0 Å². The van der Waals surface area contributed by atoms with Crippen LogP contribution in [0, 0.1) is 13.8 Å². The summed E-state index contributed by atoms with van der Waals surface area (Å²) in [4.78, 5) is 13.1. The fourth-order valence-corrected chi connectivity index (χ4v) is 1.79. The molecule has 3 heteroatoms. The van der Waals surface area contributed by atoms with Gasteiger partial charge in [-0.1, -0.05) is 0 Å². The summed E-state index contributed by atoms with van der Waals surface area (Å²) in [5, 5.41) is 2.59. The Bertz CT molecular complexity index is 258. The average molecular weight is 169 g/mol. The highest BCUT2D eigenvalue weighted by Crippen LogP contribution is 2.19. The molecular formula is C8H11NOS. The first kappa shape index (κ1) is 8.27. The van der Waals surface area contributed by atoms with E-state index in [1.165, 1.54) is 21.8 Å². The van der Waals surface area contributed by atoms with Crippen LogP contribution in [-0.2, 0) is 0 Å². The van der Waals surface area contributed by atoms with Gasteiger partial charge in [0.1, 0.15) is 0 Å². The number of carbonyl (C=O) groups is 1. The van der Waals surface area contributed by atoms with Crippen molar-refractivity contribution in [2.24, 2.45) is 0 Å². The summed E-state index contributed by atoms with van der Waals surface area (Å²) >= 11 is 1.53. The molecule has 1 N–H and O–H groups in total. The smallest absolute Gasteiger partial charge is 0.261 e.